The lowest BCUT2D eigenvalue weighted by Crippen LogP contribution is -2.39. The molecule has 3 N–H and O–H groups in total. The summed E-state index contributed by atoms with van der Waals surface area (Å²) in [7, 11) is 0. The Morgan fingerprint density at radius 1 is 1.22 bits per heavy atom. The molecule has 0 spiro atoms. The van der Waals surface area contributed by atoms with Gasteiger partial charge in [0.15, 0.2) is 6.10 Å². The van der Waals surface area contributed by atoms with Crippen LogP contribution in [0.2, 0.25) is 10.0 Å². The second-order valence-corrected chi connectivity index (χ2v) is 4.05. The van der Waals surface area contributed by atoms with Gasteiger partial charge in [0, 0.05) is 5.56 Å². The SMILES string of the molecule is Cl.N[C@@H](c1c(F)ccc(Cl)c1Cl)[C@H](O)C(F)(F)F. The zero-order valence-electron chi connectivity index (χ0n) is 8.51. The minimum Gasteiger partial charge on any atom is -0.382 e. The van der Waals surface area contributed by atoms with Crippen molar-refractivity contribution in [1.82, 2.24) is 0 Å². The summed E-state index contributed by atoms with van der Waals surface area (Å²) < 4.78 is 50.0. The third kappa shape index (κ3) is 3.61. The van der Waals surface area contributed by atoms with Gasteiger partial charge < -0.3 is 10.8 Å². The zero-order chi connectivity index (χ0) is 13.4. The van der Waals surface area contributed by atoms with Crippen molar-refractivity contribution in [3.05, 3.63) is 33.6 Å². The molecule has 0 aromatic heterocycles. The fourth-order valence-corrected chi connectivity index (χ4v) is 1.65. The third-order valence-electron chi connectivity index (χ3n) is 2.09. The number of hydrogen-bond donors (Lipinski definition) is 2. The van der Waals surface area contributed by atoms with Gasteiger partial charge in [-0.05, 0) is 12.1 Å². The van der Waals surface area contributed by atoms with Crippen LogP contribution in [-0.2, 0) is 0 Å². The predicted octanol–water partition coefficient (Wildman–Crippen LogP) is 3.48. The molecule has 0 saturated carbocycles. The van der Waals surface area contributed by atoms with E-state index < -0.39 is 34.7 Å². The van der Waals surface area contributed by atoms with Crippen molar-refractivity contribution in [2.75, 3.05) is 0 Å². The van der Waals surface area contributed by atoms with Crippen LogP contribution in [0.5, 0.6) is 0 Å². The Bertz CT molecular complexity index is 427. The fraction of sp³-hybridized carbons (Fsp3) is 0.333. The highest BCUT2D eigenvalue weighted by Gasteiger charge is 2.44. The smallest absolute Gasteiger partial charge is 0.382 e. The number of halogens is 7. The number of hydrogen-bond acceptors (Lipinski definition) is 2. The molecule has 9 heteroatoms. The van der Waals surface area contributed by atoms with E-state index >= 15 is 0 Å². The van der Waals surface area contributed by atoms with Crippen LogP contribution in [0.25, 0.3) is 0 Å². The molecule has 104 valence electrons. The molecule has 2 nitrogen and oxygen atoms in total. The first-order chi connectivity index (χ1) is 7.66. The number of alkyl halides is 3. The Hall–Kier alpha value is -0.270. The summed E-state index contributed by atoms with van der Waals surface area (Å²) in [5.74, 6) is -1.06. The zero-order valence-corrected chi connectivity index (χ0v) is 10.8. The van der Waals surface area contributed by atoms with Crippen LogP contribution in [0.1, 0.15) is 11.6 Å². The molecule has 0 aliphatic carbocycles. The molecule has 1 rings (SSSR count). The second-order valence-electron chi connectivity index (χ2n) is 3.27. The van der Waals surface area contributed by atoms with Crippen LogP contribution in [0.4, 0.5) is 17.6 Å². The van der Waals surface area contributed by atoms with Crippen LogP contribution < -0.4 is 5.73 Å². The van der Waals surface area contributed by atoms with Gasteiger partial charge in [-0.15, -0.1) is 12.4 Å². The monoisotopic (exact) mass is 327 g/mol. The van der Waals surface area contributed by atoms with Gasteiger partial charge in [0.1, 0.15) is 5.82 Å². The van der Waals surface area contributed by atoms with E-state index in [2.05, 4.69) is 0 Å². The normalized spacial score (nSPS) is 14.9. The molecular weight excluding hydrogens is 320 g/mol. The van der Waals surface area contributed by atoms with E-state index in [0.717, 1.165) is 12.1 Å². The molecule has 0 aliphatic rings. The van der Waals surface area contributed by atoms with E-state index in [0.29, 0.717) is 0 Å². The first-order valence-corrected chi connectivity index (χ1v) is 5.05. The maximum Gasteiger partial charge on any atom is 0.416 e. The van der Waals surface area contributed by atoms with Gasteiger partial charge in [0.25, 0.3) is 0 Å². The number of aliphatic hydroxyl groups is 1. The molecule has 0 heterocycles. The lowest BCUT2D eigenvalue weighted by molar-refractivity contribution is -0.210. The molecule has 0 unspecified atom stereocenters. The van der Waals surface area contributed by atoms with Gasteiger partial charge in [-0.25, -0.2) is 4.39 Å². The molecule has 0 saturated heterocycles. The Morgan fingerprint density at radius 3 is 2.17 bits per heavy atom. The molecule has 0 radical (unpaired) electrons. The molecule has 0 fully saturated rings. The standard InChI is InChI=1S/C9H7Cl2F4NO.ClH/c10-3-1-2-4(12)5(6(3)11)7(16)8(17)9(13,14)15;/h1-2,7-8,17H,16H2;1H/t7-,8-;/m0./s1. The Labute approximate surface area is 116 Å². The number of aliphatic hydroxyl groups excluding tert-OH is 1. The Balaban J connectivity index is 0.00000289. The van der Waals surface area contributed by atoms with Gasteiger partial charge in [-0.1, -0.05) is 23.2 Å². The molecular formula is C9H8Cl3F4NO. The number of rotatable bonds is 2. The topological polar surface area (TPSA) is 46.2 Å². The fourth-order valence-electron chi connectivity index (χ4n) is 1.21. The van der Waals surface area contributed by atoms with Crippen molar-refractivity contribution in [1.29, 1.82) is 0 Å². The van der Waals surface area contributed by atoms with Crippen molar-refractivity contribution >= 4 is 35.6 Å². The van der Waals surface area contributed by atoms with Crippen LogP contribution in [0, 0.1) is 5.82 Å². The average Bonchev–Trinajstić information content (AvgIpc) is 2.21. The minimum atomic E-state index is -4.97. The highest BCUT2D eigenvalue weighted by Crippen LogP contribution is 2.36. The molecule has 0 bridgehead atoms. The molecule has 1 aromatic carbocycles. The molecule has 2 atom stereocenters. The largest absolute Gasteiger partial charge is 0.416 e. The summed E-state index contributed by atoms with van der Waals surface area (Å²) in [4.78, 5) is 0. The second kappa shape index (κ2) is 6.25. The van der Waals surface area contributed by atoms with E-state index in [9.17, 15) is 17.6 Å². The first kappa shape index (κ1) is 17.7. The quantitative estimate of drug-likeness (QED) is 0.645. The lowest BCUT2D eigenvalue weighted by Gasteiger charge is -2.23. The Kier molecular flexibility index (Phi) is 6.16. The van der Waals surface area contributed by atoms with Crippen molar-refractivity contribution in [2.45, 2.75) is 18.3 Å². The summed E-state index contributed by atoms with van der Waals surface area (Å²) in [5, 5.41) is 8.34. The predicted molar refractivity (Wildman–Crippen MR) is 62.7 cm³/mol. The van der Waals surface area contributed by atoms with E-state index in [1.807, 2.05) is 0 Å². The molecule has 18 heavy (non-hydrogen) atoms. The van der Waals surface area contributed by atoms with Gasteiger partial charge in [0.2, 0.25) is 0 Å². The summed E-state index contributed by atoms with van der Waals surface area (Å²) in [5.41, 5.74) is 4.48. The van der Waals surface area contributed by atoms with Crippen molar-refractivity contribution in [3.63, 3.8) is 0 Å². The van der Waals surface area contributed by atoms with Crippen LogP contribution in [-0.4, -0.2) is 17.4 Å². The lowest BCUT2D eigenvalue weighted by atomic mass is 10.0. The highest BCUT2D eigenvalue weighted by molar-refractivity contribution is 6.42. The average molecular weight is 329 g/mol. The Morgan fingerprint density at radius 2 is 1.72 bits per heavy atom. The van der Waals surface area contributed by atoms with Crippen LogP contribution >= 0.6 is 35.6 Å². The summed E-state index contributed by atoms with van der Waals surface area (Å²) >= 11 is 11.1. The summed E-state index contributed by atoms with van der Waals surface area (Å²) in [6.45, 7) is 0. The minimum absolute atomic E-state index is 0. The van der Waals surface area contributed by atoms with Crippen LogP contribution in [0.3, 0.4) is 0 Å². The molecule has 1 aromatic rings. The van der Waals surface area contributed by atoms with Crippen molar-refractivity contribution in [3.8, 4) is 0 Å². The van der Waals surface area contributed by atoms with Crippen LogP contribution in [0.15, 0.2) is 12.1 Å². The van der Waals surface area contributed by atoms with E-state index in [1.165, 1.54) is 0 Å². The van der Waals surface area contributed by atoms with Crippen molar-refractivity contribution < 1.29 is 22.7 Å². The first-order valence-electron chi connectivity index (χ1n) is 4.30. The maximum atomic E-state index is 13.3. The highest BCUT2D eigenvalue weighted by atomic mass is 35.5. The summed E-state index contributed by atoms with van der Waals surface area (Å²) in [6.07, 6.45) is -7.90. The molecule has 0 amide bonds. The van der Waals surface area contributed by atoms with E-state index in [1.54, 1.807) is 0 Å². The van der Waals surface area contributed by atoms with Crippen molar-refractivity contribution in [2.24, 2.45) is 5.73 Å². The summed E-state index contributed by atoms with van der Waals surface area (Å²) in [6, 6.07) is -0.136. The van der Waals surface area contributed by atoms with E-state index in [4.69, 9.17) is 34.0 Å². The molecule has 0 aliphatic heterocycles. The maximum absolute atomic E-state index is 13.3. The van der Waals surface area contributed by atoms with E-state index in [-0.39, 0.29) is 17.4 Å². The third-order valence-corrected chi connectivity index (χ3v) is 2.91. The van der Waals surface area contributed by atoms with Gasteiger partial charge >= 0.3 is 6.18 Å². The number of benzene rings is 1. The van der Waals surface area contributed by atoms with Gasteiger partial charge in [-0.3, -0.25) is 0 Å². The number of nitrogens with two attached hydrogens (primary N) is 1. The van der Waals surface area contributed by atoms with Gasteiger partial charge in [0.05, 0.1) is 16.1 Å². The van der Waals surface area contributed by atoms with Gasteiger partial charge in [-0.2, -0.15) is 13.2 Å².